The third kappa shape index (κ3) is 3.93. The topological polar surface area (TPSA) is 77.8 Å². The molecule has 7 heteroatoms. The number of carbonyl (C=O) groups excluding carboxylic acids is 2. The highest BCUT2D eigenvalue weighted by Gasteiger charge is 2.45. The maximum atomic E-state index is 12.7. The Morgan fingerprint density at radius 2 is 1.70 bits per heavy atom. The Morgan fingerprint density at radius 3 is 2.30 bits per heavy atom. The number of amides is 1. The van der Waals surface area contributed by atoms with Crippen molar-refractivity contribution in [2.24, 2.45) is 0 Å². The first kappa shape index (κ1) is 19.6. The molecule has 1 heterocycles. The average Bonchev–Trinajstić information content (AvgIpc) is 2.91. The largest absolute Gasteiger partial charge is 0.507 e. The van der Waals surface area contributed by atoms with E-state index in [1.54, 1.807) is 36.4 Å². The van der Waals surface area contributed by atoms with Gasteiger partial charge in [-0.15, -0.1) is 0 Å². The SMILES string of the molecule is O=C1C(=O)N(CCCO)C(c2ccc(Br)cc2)/C1=C(/O)c1ccc(Cl)cc1. The second-order valence-electron chi connectivity index (χ2n) is 6.13. The normalized spacial score (nSPS) is 18.9. The van der Waals surface area contributed by atoms with E-state index in [1.807, 2.05) is 12.1 Å². The number of ketones is 1. The average molecular weight is 451 g/mol. The van der Waals surface area contributed by atoms with Gasteiger partial charge < -0.3 is 15.1 Å². The number of benzene rings is 2. The first-order valence-corrected chi connectivity index (χ1v) is 9.52. The second kappa shape index (κ2) is 8.25. The number of aliphatic hydroxyl groups is 2. The van der Waals surface area contributed by atoms with Gasteiger partial charge in [-0.25, -0.2) is 0 Å². The van der Waals surface area contributed by atoms with E-state index >= 15 is 0 Å². The number of aliphatic hydroxyl groups excluding tert-OH is 2. The van der Waals surface area contributed by atoms with Crippen LogP contribution >= 0.6 is 27.5 Å². The van der Waals surface area contributed by atoms with Crippen molar-refractivity contribution in [2.75, 3.05) is 13.2 Å². The van der Waals surface area contributed by atoms with Gasteiger partial charge in [-0.1, -0.05) is 39.7 Å². The van der Waals surface area contributed by atoms with E-state index in [4.69, 9.17) is 16.7 Å². The summed E-state index contributed by atoms with van der Waals surface area (Å²) < 4.78 is 0.858. The van der Waals surface area contributed by atoms with E-state index in [1.165, 1.54) is 4.90 Å². The smallest absolute Gasteiger partial charge is 0.295 e. The third-order valence-corrected chi connectivity index (χ3v) is 5.18. The highest BCUT2D eigenvalue weighted by molar-refractivity contribution is 9.10. The highest BCUT2D eigenvalue weighted by Crippen LogP contribution is 2.39. The van der Waals surface area contributed by atoms with Gasteiger partial charge in [0.05, 0.1) is 11.6 Å². The van der Waals surface area contributed by atoms with Crippen LogP contribution < -0.4 is 0 Å². The van der Waals surface area contributed by atoms with E-state index in [0.29, 0.717) is 22.6 Å². The summed E-state index contributed by atoms with van der Waals surface area (Å²) in [4.78, 5) is 26.7. The Kier molecular flexibility index (Phi) is 5.99. The van der Waals surface area contributed by atoms with Crippen molar-refractivity contribution >= 4 is 45.0 Å². The van der Waals surface area contributed by atoms with Crippen LogP contribution in [0.3, 0.4) is 0 Å². The zero-order valence-corrected chi connectivity index (χ0v) is 16.6. The zero-order chi connectivity index (χ0) is 19.6. The Balaban J connectivity index is 2.14. The molecule has 2 N–H and O–H groups in total. The molecule has 1 saturated heterocycles. The minimum Gasteiger partial charge on any atom is -0.507 e. The molecule has 2 aromatic carbocycles. The van der Waals surface area contributed by atoms with Crippen LogP contribution in [-0.4, -0.2) is 40.0 Å². The molecule has 0 saturated carbocycles. The van der Waals surface area contributed by atoms with Crippen LogP contribution in [0.25, 0.3) is 5.76 Å². The molecule has 1 aliphatic heterocycles. The molecule has 1 aliphatic rings. The number of halogens is 2. The fourth-order valence-corrected chi connectivity index (χ4v) is 3.50. The molecule has 3 rings (SSSR count). The van der Waals surface area contributed by atoms with E-state index < -0.39 is 17.7 Å². The minimum atomic E-state index is -0.742. The number of rotatable bonds is 5. The Hall–Kier alpha value is -2.15. The lowest BCUT2D eigenvalue weighted by atomic mass is 9.95. The number of Topliss-reactive ketones (excluding diaryl/α,β-unsaturated/α-hetero) is 1. The molecule has 140 valence electrons. The van der Waals surface area contributed by atoms with Crippen molar-refractivity contribution < 1.29 is 19.8 Å². The molecule has 0 bridgehead atoms. The first-order chi connectivity index (χ1) is 12.9. The third-order valence-electron chi connectivity index (χ3n) is 4.40. The van der Waals surface area contributed by atoms with Gasteiger partial charge in [0.2, 0.25) is 0 Å². The maximum absolute atomic E-state index is 12.7. The Bertz CT molecular complexity index is 893. The van der Waals surface area contributed by atoms with Crippen molar-refractivity contribution in [2.45, 2.75) is 12.5 Å². The maximum Gasteiger partial charge on any atom is 0.295 e. The molecule has 1 atom stereocenters. The van der Waals surface area contributed by atoms with Gasteiger partial charge in [0.15, 0.2) is 0 Å². The van der Waals surface area contributed by atoms with Crippen LogP contribution in [0.4, 0.5) is 0 Å². The quantitative estimate of drug-likeness (QED) is 0.411. The van der Waals surface area contributed by atoms with Gasteiger partial charge in [-0.3, -0.25) is 9.59 Å². The molecule has 1 fully saturated rings. The predicted octanol–water partition coefficient (Wildman–Crippen LogP) is 3.91. The van der Waals surface area contributed by atoms with Crippen LogP contribution in [0, 0.1) is 0 Å². The van der Waals surface area contributed by atoms with Crippen molar-refractivity contribution in [3.63, 3.8) is 0 Å². The summed E-state index contributed by atoms with van der Waals surface area (Å²) in [5.41, 5.74) is 1.13. The summed E-state index contributed by atoms with van der Waals surface area (Å²) in [6, 6.07) is 12.9. The van der Waals surface area contributed by atoms with Gasteiger partial charge in [0.1, 0.15) is 5.76 Å². The molecular weight excluding hydrogens is 434 g/mol. The van der Waals surface area contributed by atoms with Crippen molar-refractivity contribution in [1.29, 1.82) is 0 Å². The van der Waals surface area contributed by atoms with Crippen LogP contribution in [-0.2, 0) is 9.59 Å². The van der Waals surface area contributed by atoms with Gasteiger partial charge in [-0.05, 0) is 48.4 Å². The predicted molar refractivity (Wildman–Crippen MR) is 106 cm³/mol. The minimum absolute atomic E-state index is 0.0302. The van der Waals surface area contributed by atoms with Crippen LogP contribution in [0.15, 0.2) is 58.6 Å². The lowest BCUT2D eigenvalue weighted by Crippen LogP contribution is -2.31. The summed E-state index contributed by atoms with van der Waals surface area (Å²) in [7, 11) is 0. The molecular formula is C20H17BrClNO4. The number of likely N-dealkylation sites (tertiary alicyclic amines) is 1. The summed E-state index contributed by atoms with van der Waals surface area (Å²) >= 11 is 9.26. The molecule has 0 aliphatic carbocycles. The monoisotopic (exact) mass is 449 g/mol. The fourth-order valence-electron chi connectivity index (χ4n) is 3.11. The molecule has 2 aromatic rings. The second-order valence-corrected chi connectivity index (χ2v) is 7.48. The molecule has 1 amide bonds. The highest BCUT2D eigenvalue weighted by atomic mass is 79.9. The van der Waals surface area contributed by atoms with E-state index in [0.717, 1.165) is 4.47 Å². The fraction of sp³-hybridized carbons (Fsp3) is 0.200. The summed E-state index contributed by atoms with van der Waals surface area (Å²) in [6.07, 6.45) is 0.334. The Labute approximate surface area is 170 Å². The van der Waals surface area contributed by atoms with Gasteiger partial charge in [0, 0.05) is 28.2 Å². The molecule has 0 aromatic heterocycles. The summed E-state index contributed by atoms with van der Waals surface area (Å²) in [5, 5.41) is 20.5. The molecule has 1 unspecified atom stereocenters. The standard InChI is InChI=1S/C20H17BrClNO4/c21-14-6-2-12(3-7-14)17-16(18(25)13-4-8-15(22)9-5-13)19(26)20(27)23(17)10-1-11-24/h2-9,17,24-25H,1,10-11H2/b18-16-. The van der Waals surface area contributed by atoms with E-state index in [2.05, 4.69) is 15.9 Å². The van der Waals surface area contributed by atoms with Crippen molar-refractivity contribution in [1.82, 2.24) is 4.90 Å². The van der Waals surface area contributed by atoms with Gasteiger partial charge >= 0.3 is 0 Å². The van der Waals surface area contributed by atoms with Crippen LogP contribution in [0.5, 0.6) is 0 Å². The lowest BCUT2D eigenvalue weighted by molar-refractivity contribution is -0.140. The van der Waals surface area contributed by atoms with Crippen LogP contribution in [0.2, 0.25) is 5.02 Å². The van der Waals surface area contributed by atoms with Crippen molar-refractivity contribution in [3.8, 4) is 0 Å². The molecule has 0 spiro atoms. The summed E-state index contributed by atoms with van der Waals surface area (Å²) in [5.74, 6) is -1.68. The number of nitrogens with zero attached hydrogens (tertiary/aromatic N) is 1. The van der Waals surface area contributed by atoms with Gasteiger partial charge in [-0.2, -0.15) is 0 Å². The number of carbonyl (C=O) groups is 2. The molecule has 5 nitrogen and oxygen atoms in total. The van der Waals surface area contributed by atoms with Crippen LogP contribution in [0.1, 0.15) is 23.6 Å². The van der Waals surface area contributed by atoms with E-state index in [9.17, 15) is 14.7 Å². The first-order valence-electron chi connectivity index (χ1n) is 8.34. The molecule has 27 heavy (non-hydrogen) atoms. The number of hydrogen-bond acceptors (Lipinski definition) is 4. The van der Waals surface area contributed by atoms with Crippen molar-refractivity contribution in [3.05, 3.63) is 74.7 Å². The van der Waals surface area contributed by atoms with Gasteiger partial charge in [0.25, 0.3) is 11.7 Å². The summed E-state index contributed by atoms with van der Waals surface area (Å²) in [6.45, 7) is 0.104. The zero-order valence-electron chi connectivity index (χ0n) is 14.2. The van der Waals surface area contributed by atoms with E-state index in [-0.39, 0.29) is 24.5 Å². The lowest BCUT2D eigenvalue weighted by Gasteiger charge is -2.25. The molecule has 0 radical (unpaired) electrons. The Morgan fingerprint density at radius 1 is 1.07 bits per heavy atom. The number of hydrogen-bond donors (Lipinski definition) is 2.